The van der Waals surface area contributed by atoms with Crippen molar-refractivity contribution >= 4 is 90.7 Å². The maximum Gasteiger partial charge on any atom is 0.244 e. The minimum atomic E-state index is -1.40. The van der Waals surface area contributed by atoms with E-state index in [0.717, 1.165) is 49.0 Å². The van der Waals surface area contributed by atoms with Gasteiger partial charge in [0.05, 0.1) is 6.04 Å². The predicted molar refractivity (Wildman–Crippen MR) is 309 cm³/mol. The second-order valence-corrected chi connectivity index (χ2v) is 22.7. The molecule has 8 amide bonds. The molecule has 0 spiro atoms. The number of hydrogen-bond donors (Lipinski definition) is 13. The molecule has 1 saturated heterocycles. The van der Waals surface area contributed by atoms with Crippen molar-refractivity contribution in [2.24, 2.45) is 23.1 Å². The molecule has 1 aliphatic rings. The molecule has 0 saturated carbocycles. The number of phenols is 1. The van der Waals surface area contributed by atoms with Gasteiger partial charge in [-0.05, 0) is 84.7 Å². The Morgan fingerprint density at radius 3 is 1.86 bits per heavy atom. The molecular formula is C57H70N12O9S2. The molecule has 16 N–H and O–H groups in total. The van der Waals surface area contributed by atoms with Gasteiger partial charge in [0.15, 0.2) is 0 Å². The minimum Gasteiger partial charge on any atom is -0.508 e. The van der Waals surface area contributed by atoms with Crippen LogP contribution in [0.25, 0.3) is 21.8 Å². The molecule has 0 unspecified atom stereocenters. The molecule has 0 aliphatic carbocycles. The number of aromatic nitrogens is 2. The monoisotopic (exact) mass is 1130 g/mol. The van der Waals surface area contributed by atoms with Crippen molar-refractivity contribution < 1.29 is 43.5 Å². The first-order valence-corrected chi connectivity index (χ1v) is 29.0. The van der Waals surface area contributed by atoms with Crippen LogP contribution in [0.2, 0.25) is 0 Å². The Balaban J connectivity index is 1.25. The van der Waals surface area contributed by atoms with Crippen LogP contribution in [0.5, 0.6) is 5.75 Å². The molecule has 0 bridgehead atoms. The topological polar surface area (TPSA) is 351 Å². The fourth-order valence-electron chi connectivity index (χ4n) is 9.29. The second kappa shape index (κ2) is 28.9. The number of aromatic amines is 2. The van der Waals surface area contributed by atoms with E-state index in [-0.39, 0.29) is 55.9 Å². The number of carbonyl (C=O) groups is 8. The van der Waals surface area contributed by atoms with Crippen molar-refractivity contribution in [1.82, 2.24) is 47.2 Å². The lowest BCUT2D eigenvalue weighted by Crippen LogP contribution is -2.61. The number of nitrogens with two attached hydrogens (primary N) is 3. The molecule has 21 nitrogen and oxygen atoms in total. The number of benzene rings is 4. The van der Waals surface area contributed by atoms with E-state index in [0.29, 0.717) is 29.5 Å². The molecule has 3 heterocycles. The van der Waals surface area contributed by atoms with E-state index in [1.54, 1.807) is 50.5 Å². The normalized spacial score (nSPS) is 20.8. The smallest absolute Gasteiger partial charge is 0.244 e. The van der Waals surface area contributed by atoms with Crippen LogP contribution in [0.3, 0.4) is 0 Å². The van der Waals surface area contributed by atoms with Crippen molar-refractivity contribution in [1.29, 1.82) is 0 Å². The molecule has 4 aromatic carbocycles. The maximum atomic E-state index is 14.9. The fourth-order valence-corrected chi connectivity index (χ4v) is 11.6. The van der Waals surface area contributed by atoms with Crippen LogP contribution < -0.4 is 54.4 Å². The van der Waals surface area contributed by atoms with Gasteiger partial charge in [0.2, 0.25) is 47.3 Å². The zero-order valence-electron chi connectivity index (χ0n) is 44.5. The Labute approximate surface area is 471 Å². The van der Waals surface area contributed by atoms with Crippen LogP contribution in [0, 0.1) is 5.92 Å². The zero-order chi connectivity index (χ0) is 57.3. The molecule has 7 rings (SSSR count). The Morgan fingerprint density at radius 1 is 0.637 bits per heavy atom. The third-order valence-corrected chi connectivity index (χ3v) is 16.2. The van der Waals surface area contributed by atoms with E-state index in [9.17, 15) is 43.5 Å². The SMILES string of the molecule is CC(C)[C@@H]1NC(=O)[C@H](CCCCN)NC(=O)[C@H](Cc2c[nH]c3ccccc23)NC(=O)[C@H](Cc2ccc(O)cc2)NC(=O)[C@@H](NC(=O)[C@H](N)Cc2ccccc2)CSSC[C@@H](C(=O)N[C@H](Cc2c[nH]c3ccccc23)C(N)=O)NC1=O. The zero-order valence-corrected chi connectivity index (χ0v) is 46.1. The predicted octanol–water partition coefficient (Wildman–Crippen LogP) is 2.01. The summed E-state index contributed by atoms with van der Waals surface area (Å²) in [6, 6.07) is 19.5. The molecule has 1 aliphatic heterocycles. The average molecular weight is 1130 g/mol. The maximum absolute atomic E-state index is 14.9. The van der Waals surface area contributed by atoms with Gasteiger partial charge in [-0.15, -0.1) is 0 Å². The summed E-state index contributed by atoms with van der Waals surface area (Å²) >= 11 is 0. The Bertz CT molecular complexity index is 3120. The van der Waals surface area contributed by atoms with Gasteiger partial charge in [-0.25, -0.2) is 0 Å². The number of para-hydroxylation sites is 2. The van der Waals surface area contributed by atoms with E-state index in [1.807, 2.05) is 66.7 Å². The van der Waals surface area contributed by atoms with E-state index in [2.05, 4.69) is 47.2 Å². The Morgan fingerprint density at radius 2 is 1.21 bits per heavy atom. The first-order chi connectivity index (χ1) is 38.5. The first-order valence-electron chi connectivity index (χ1n) is 26.5. The summed E-state index contributed by atoms with van der Waals surface area (Å²) in [5.41, 5.74) is 22.4. The van der Waals surface area contributed by atoms with E-state index in [1.165, 1.54) is 12.1 Å². The number of aromatic hydroxyl groups is 1. The number of rotatable bonds is 18. The van der Waals surface area contributed by atoms with E-state index >= 15 is 0 Å². The average Bonchev–Trinajstić information content (AvgIpc) is 4.06. The summed E-state index contributed by atoms with van der Waals surface area (Å²) in [5.74, 6) is -7.07. The number of H-pyrrole nitrogens is 2. The van der Waals surface area contributed by atoms with Crippen molar-refractivity contribution in [3.05, 3.63) is 138 Å². The number of carbonyl (C=O) groups excluding carboxylic acids is 8. The van der Waals surface area contributed by atoms with Crippen LogP contribution in [0.1, 0.15) is 55.4 Å². The van der Waals surface area contributed by atoms with Gasteiger partial charge in [0, 0.05) is 65.0 Å². The lowest BCUT2D eigenvalue weighted by molar-refractivity contribution is -0.136. The molecule has 6 aromatic rings. The number of amides is 8. The van der Waals surface area contributed by atoms with Gasteiger partial charge in [-0.1, -0.05) is 114 Å². The molecule has 424 valence electrons. The van der Waals surface area contributed by atoms with E-state index in [4.69, 9.17) is 17.2 Å². The highest BCUT2D eigenvalue weighted by Gasteiger charge is 2.36. The summed E-state index contributed by atoms with van der Waals surface area (Å²) in [4.78, 5) is 121. The standard InChI is InChI=1S/C57H70N12O9S2/c1-32(2)49-57(78)68-48(55(76)64-44(50(60)71)26-35-28-61-41-16-8-6-14-38(35)41)31-80-79-30-47(67-51(72)40(59)24-33-12-4-3-5-13-33)56(77)65-45(25-34-19-21-37(70)22-20-34)53(74)66-46(27-36-29-62-42-17-9-7-15-39(36)42)54(75)63-43(52(73)69-49)18-10-11-23-58/h3-9,12-17,19-22,28-29,32,40,43-49,61-62,70H,10-11,18,23-27,30-31,58-59H2,1-2H3,(H2,60,71)(H,63,75)(H,64,76)(H,65,77)(H,66,74)(H,67,72)(H,68,78)(H,69,73)/t40-,43+,44-,45+,46+,47+,48+,49+/m1/s1. The fraction of sp³-hybridized carbons (Fsp3) is 0.368. The number of nitrogens with one attached hydrogen (secondary N) is 9. The number of unbranched alkanes of at least 4 members (excludes halogenated alkanes) is 1. The molecular weight excluding hydrogens is 1060 g/mol. The van der Waals surface area contributed by atoms with Crippen LogP contribution >= 0.6 is 21.6 Å². The van der Waals surface area contributed by atoms with Crippen molar-refractivity contribution in [3.8, 4) is 5.75 Å². The minimum absolute atomic E-state index is 0.00683. The lowest BCUT2D eigenvalue weighted by atomic mass is 10.00. The molecule has 2 aromatic heterocycles. The number of fused-ring (bicyclic) bond motifs is 2. The van der Waals surface area contributed by atoms with Gasteiger partial charge in [-0.3, -0.25) is 38.4 Å². The lowest BCUT2D eigenvalue weighted by Gasteiger charge is -2.29. The Hall–Kier alpha value is -7.86. The number of primary amides is 1. The van der Waals surface area contributed by atoms with Crippen LogP contribution in [0.15, 0.2) is 116 Å². The highest BCUT2D eigenvalue weighted by Crippen LogP contribution is 2.25. The molecule has 80 heavy (non-hydrogen) atoms. The molecule has 0 radical (unpaired) electrons. The summed E-state index contributed by atoms with van der Waals surface area (Å²) in [7, 11) is 2.13. The van der Waals surface area contributed by atoms with Crippen molar-refractivity contribution in [2.45, 2.75) is 107 Å². The van der Waals surface area contributed by atoms with Gasteiger partial charge in [0.25, 0.3) is 0 Å². The van der Waals surface area contributed by atoms with E-state index < -0.39 is 102 Å². The summed E-state index contributed by atoms with van der Waals surface area (Å²) < 4.78 is 0. The number of hydrogen-bond acceptors (Lipinski definition) is 13. The van der Waals surface area contributed by atoms with Gasteiger partial charge in [-0.2, -0.15) is 0 Å². The van der Waals surface area contributed by atoms with Crippen molar-refractivity contribution in [2.75, 3.05) is 18.1 Å². The van der Waals surface area contributed by atoms with Gasteiger partial charge >= 0.3 is 0 Å². The first kappa shape index (κ1) is 59.8. The summed E-state index contributed by atoms with van der Waals surface area (Å²) in [6.07, 6.45) is 4.31. The van der Waals surface area contributed by atoms with Crippen LogP contribution in [-0.2, 0) is 64.0 Å². The van der Waals surface area contributed by atoms with Gasteiger partial charge < -0.3 is 69.5 Å². The highest BCUT2D eigenvalue weighted by atomic mass is 33.1. The summed E-state index contributed by atoms with van der Waals surface area (Å²) in [6.45, 7) is 3.68. The highest BCUT2D eigenvalue weighted by molar-refractivity contribution is 8.76. The van der Waals surface area contributed by atoms with Crippen LogP contribution in [-0.4, -0.2) is 129 Å². The van der Waals surface area contributed by atoms with Crippen LogP contribution in [0.4, 0.5) is 0 Å². The largest absolute Gasteiger partial charge is 0.508 e. The third-order valence-electron chi connectivity index (χ3n) is 13.8. The van der Waals surface area contributed by atoms with Gasteiger partial charge in [0.1, 0.15) is 48.0 Å². The Kier molecular flexibility index (Phi) is 21.6. The summed E-state index contributed by atoms with van der Waals surface area (Å²) in [5, 5.41) is 31.3. The molecule has 8 atom stereocenters. The van der Waals surface area contributed by atoms with Crippen molar-refractivity contribution in [3.63, 3.8) is 0 Å². The molecule has 23 heteroatoms. The number of phenolic OH excluding ortho intramolecular Hbond substituents is 1. The molecule has 1 fully saturated rings. The quantitative estimate of drug-likeness (QED) is 0.0433. The second-order valence-electron chi connectivity index (χ2n) is 20.1. The third kappa shape index (κ3) is 16.6.